The van der Waals surface area contributed by atoms with Gasteiger partial charge in [-0.2, -0.15) is 29.6 Å². The van der Waals surface area contributed by atoms with Crippen molar-refractivity contribution in [1.29, 1.82) is 0 Å². The molecular formula is C17H19F3N6O2S. The summed E-state index contributed by atoms with van der Waals surface area (Å²) in [5.41, 5.74) is 1.38. The largest absolute Gasteiger partial charge is 0.490 e. The molecular weight excluding hydrogens is 409 g/mol. The van der Waals surface area contributed by atoms with Crippen LogP contribution >= 0.6 is 11.3 Å². The highest BCUT2D eigenvalue weighted by atomic mass is 32.1. The third kappa shape index (κ3) is 5.87. The summed E-state index contributed by atoms with van der Waals surface area (Å²) in [6, 6.07) is 4.13. The summed E-state index contributed by atoms with van der Waals surface area (Å²) < 4.78 is 35.9. The summed E-state index contributed by atoms with van der Waals surface area (Å²) >= 11 is 1.76. The minimum Gasteiger partial charge on any atom is -0.475 e. The van der Waals surface area contributed by atoms with E-state index in [2.05, 4.69) is 41.6 Å². The summed E-state index contributed by atoms with van der Waals surface area (Å²) in [5.74, 6) is -0.696. The van der Waals surface area contributed by atoms with Crippen molar-refractivity contribution < 1.29 is 23.1 Å². The molecule has 3 aromatic heterocycles. The van der Waals surface area contributed by atoms with Gasteiger partial charge in [0, 0.05) is 32.0 Å². The molecule has 0 amide bonds. The quantitative estimate of drug-likeness (QED) is 0.687. The Bertz CT molecular complexity index is 908. The number of alkyl halides is 3. The first-order valence-electron chi connectivity index (χ1n) is 8.75. The maximum absolute atomic E-state index is 10.6. The van der Waals surface area contributed by atoms with Crippen LogP contribution in [-0.4, -0.2) is 53.2 Å². The molecule has 0 bridgehead atoms. The van der Waals surface area contributed by atoms with E-state index in [9.17, 15) is 13.2 Å². The van der Waals surface area contributed by atoms with Gasteiger partial charge in [-0.05, 0) is 34.9 Å². The lowest BCUT2D eigenvalue weighted by atomic mass is 10.3. The third-order valence-corrected chi connectivity index (χ3v) is 4.95. The summed E-state index contributed by atoms with van der Waals surface area (Å²) in [6.07, 6.45) is -0.204. The number of hydrogen-bond donors (Lipinski definition) is 1. The molecule has 0 saturated heterocycles. The highest BCUT2D eigenvalue weighted by molar-refractivity contribution is 7.07. The molecule has 29 heavy (non-hydrogen) atoms. The molecule has 0 unspecified atom stereocenters. The van der Waals surface area contributed by atoms with E-state index in [0.29, 0.717) is 6.54 Å². The van der Waals surface area contributed by atoms with E-state index in [-0.39, 0.29) is 0 Å². The molecule has 0 saturated carbocycles. The summed E-state index contributed by atoms with van der Waals surface area (Å²) in [4.78, 5) is 11.3. The summed E-state index contributed by atoms with van der Waals surface area (Å²) in [6.45, 7) is 4.62. The van der Waals surface area contributed by atoms with Gasteiger partial charge in [0.15, 0.2) is 5.82 Å². The fourth-order valence-electron chi connectivity index (χ4n) is 2.91. The van der Waals surface area contributed by atoms with Gasteiger partial charge < -0.3 is 9.67 Å². The number of thiophene rings is 1. The normalized spacial score (nSPS) is 14.6. The Hall–Kier alpha value is -2.73. The first-order valence-corrected chi connectivity index (χ1v) is 9.69. The van der Waals surface area contributed by atoms with Crippen LogP contribution in [0, 0.1) is 0 Å². The second-order valence-electron chi connectivity index (χ2n) is 6.39. The SMILES string of the molecule is O=C(O)C(F)(F)F.c1cnn(Cc2nnc3n2CCCN(Cc2ccsc2)C3)c1. The number of halogens is 3. The van der Waals surface area contributed by atoms with Crippen LogP contribution in [0.2, 0.25) is 0 Å². The van der Waals surface area contributed by atoms with Crippen molar-refractivity contribution in [3.63, 3.8) is 0 Å². The van der Waals surface area contributed by atoms with Crippen LogP contribution in [0.1, 0.15) is 23.6 Å². The minimum atomic E-state index is -5.08. The predicted octanol–water partition coefficient (Wildman–Crippen LogP) is 2.62. The maximum Gasteiger partial charge on any atom is 0.490 e. The number of hydrogen-bond acceptors (Lipinski definition) is 6. The van der Waals surface area contributed by atoms with E-state index in [0.717, 1.165) is 44.2 Å². The lowest BCUT2D eigenvalue weighted by Gasteiger charge is -2.17. The Morgan fingerprint density at radius 2 is 2.03 bits per heavy atom. The first-order chi connectivity index (χ1) is 13.8. The molecule has 3 aromatic rings. The first kappa shape index (κ1) is 21.0. The van der Waals surface area contributed by atoms with Gasteiger partial charge in [-0.3, -0.25) is 9.58 Å². The van der Waals surface area contributed by atoms with Gasteiger partial charge in [0.2, 0.25) is 0 Å². The van der Waals surface area contributed by atoms with E-state index in [4.69, 9.17) is 9.90 Å². The molecule has 8 nitrogen and oxygen atoms in total. The molecule has 0 spiro atoms. The number of fused-ring (bicyclic) bond motifs is 1. The molecule has 0 aliphatic carbocycles. The van der Waals surface area contributed by atoms with E-state index < -0.39 is 12.1 Å². The van der Waals surface area contributed by atoms with Crippen molar-refractivity contribution in [1.82, 2.24) is 29.4 Å². The van der Waals surface area contributed by atoms with Gasteiger partial charge in [0.25, 0.3) is 0 Å². The van der Waals surface area contributed by atoms with Crippen LogP contribution in [-0.2, 0) is 31.0 Å². The Kier molecular flexibility index (Phi) is 6.64. The third-order valence-electron chi connectivity index (χ3n) is 4.22. The molecule has 0 atom stereocenters. The number of carbonyl (C=O) groups is 1. The molecule has 1 N–H and O–H groups in total. The molecule has 1 aliphatic rings. The Balaban J connectivity index is 0.000000298. The molecule has 0 fully saturated rings. The lowest BCUT2D eigenvalue weighted by molar-refractivity contribution is -0.192. The highest BCUT2D eigenvalue weighted by Crippen LogP contribution is 2.17. The van der Waals surface area contributed by atoms with E-state index in [1.54, 1.807) is 17.5 Å². The number of nitrogens with zero attached hydrogens (tertiary/aromatic N) is 6. The zero-order valence-electron chi connectivity index (χ0n) is 15.3. The standard InChI is InChI=1S/C15H18N6S.C2HF3O2/c1-4-16-20(6-1)11-15-18-17-14-10-19(5-2-7-21(14)15)9-13-3-8-22-12-13;3-2(4,5)1(6)7/h1,3-4,6,8,12H,2,5,7,9-11H2;(H,6,7). The average molecular weight is 428 g/mol. The van der Waals surface area contributed by atoms with Crippen molar-refractivity contribution in [2.45, 2.75) is 38.8 Å². The highest BCUT2D eigenvalue weighted by Gasteiger charge is 2.38. The predicted molar refractivity (Wildman–Crippen MR) is 98.1 cm³/mol. The van der Waals surface area contributed by atoms with Crippen LogP contribution in [0.25, 0.3) is 0 Å². The van der Waals surface area contributed by atoms with Gasteiger partial charge >= 0.3 is 12.1 Å². The minimum absolute atomic E-state index is 0.685. The second kappa shape index (κ2) is 9.18. The fourth-order valence-corrected chi connectivity index (χ4v) is 3.57. The van der Waals surface area contributed by atoms with Crippen LogP contribution in [0.4, 0.5) is 13.2 Å². The van der Waals surface area contributed by atoms with E-state index in [1.807, 2.05) is 16.9 Å². The number of aromatic nitrogens is 5. The van der Waals surface area contributed by atoms with E-state index >= 15 is 0 Å². The van der Waals surface area contributed by atoms with Gasteiger partial charge in [-0.15, -0.1) is 10.2 Å². The average Bonchev–Trinajstić information content (AvgIpc) is 3.38. The maximum atomic E-state index is 10.6. The van der Waals surface area contributed by atoms with Gasteiger partial charge in [0.05, 0.1) is 6.54 Å². The molecule has 4 heterocycles. The molecule has 0 radical (unpaired) electrons. The van der Waals surface area contributed by atoms with Crippen molar-refractivity contribution in [2.75, 3.05) is 6.54 Å². The van der Waals surface area contributed by atoms with Crippen molar-refractivity contribution in [3.8, 4) is 0 Å². The van der Waals surface area contributed by atoms with Gasteiger partial charge in [-0.1, -0.05) is 0 Å². The molecule has 156 valence electrons. The summed E-state index contributed by atoms with van der Waals surface area (Å²) in [5, 5.41) is 24.5. The van der Waals surface area contributed by atoms with E-state index in [1.165, 1.54) is 5.56 Å². The molecule has 12 heteroatoms. The van der Waals surface area contributed by atoms with Crippen LogP contribution in [0.15, 0.2) is 35.3 Å². The van der Waals surface area contributed by atoms with Crippen molar-refractivity contribution in [2.24, 2.45) is 0 Å². The zero-order chi connectivity index (χ0) is 20.9. The van der Waals surface area contributed by atoms with Crippen LogP contribution in [0.5, 0.6) is 0 Å². The number of carboxylic acids is 1. The fraction of sp³-hybridized carbons (Fsp3) is 0.412. The lowest BCUT2D eigenvalue weighted by Crippen LogP contribution is -2.22. The van der Waals surface area contributed by atoms with Gasteiger partial charge in [-0.25, -0.2) is 4.79 Å². The Labute approximate surface area is 168 Å². The molecule has 0 aromatic carbocycles. The van der Waals surface area contributed by atoms with Crippen LogP contribution < -0.4 is 0 Å². The summed E-state index contributed by atoms with van der Waals surface area (Å²) in [7, 11) is 0. The monoisotopic (exact) mass is 428 g/mol. The van der Waals surface area contributed by atoms with Crippen LogP contribution in [0.3, 0.4) is 0 Å². The van der Waals surface area contributed by atoms with Crippen molar-refractivity contribution in [3.05, 3.63) is 52.5 Å². The number of aliphatic carboxylic acids is 1. The Morgan fingerprint density at radius 3 is 2.66 bits per heavy atom. The smallest absolute Gasteiger partial charge is 0.475 e. The van der Waals surface area contributed by atoms with Crippen molar-refractivity contribution >= 4 is 17.3 Å². The number of rotatable bonds is 4. The van der Waals surface area contributed by atoms with Gasteiger partial charge in [0.1, 0.15) is 12.4 Å². The molecule has 4 rings (SSSR count). The topological polar surface area (TPSA) is 89.1 Å². The zero-order valence-corrected chi connectivity index (χ0v) is 16.1. The second-order valence-corrected chi connectivity index (χ2v) is 7.17. The number of carboxylic acid groups (broad SMARTS) is 1. The molecule has 1 aliphatic heterocycles. The Morgan fingerprint density at radius 1 is 1.24 bits per heavy atom.